The van der Waals surface area contributed by atoms with Crippen molar-refractivity contribution in [2.24, 2.45) is 0 Å². The van der Waals surface area contributed by atoms with Gasteiger partial charge in [-0.15, -0.1) is 0 Å². The van der Waals surface area contributed by atoms with Crippen molar-refractivity contribution in [1.82, 2.24) is 9.80 Å². The Morgan fingerprint density at radius 3 is 1.81 bits per heavy atom. The number of hydrogen-bond donors (Lipinski definition) is 1. The molecule has 0 unspecified atom stereocenters. The van der Waals surface area contributed by atoms with Crippen LogP contribution < -0.4 is 4.90 Å². The average Bonchev–Trinajstić information content (AvgIpc) is 2.81. The Morgan fingerprint density at radius 1 is 0.742 bits per heavy atom. The number of rotatable bonds is 7. The molecule has 1 heterocycles. The minimum Gasteiger partial charge on any atom is -0.506 e. The van der Waals surface area contributed by atoms with E-state index in [4.69, 9.17) is 0 Å². The van der Waals surface area contributed by atoms with Crippen LogP contribution in [0.2, 0.25) is 0 Å². The standard InChI is InChI=1S/C26H29N3O2/c30-25-14-8-7-13-24(25)28-17-15-27(16-18-28)21-26(31)29(19-22-9-3-1-4-10-22)20-23-11-5-2-6-12-23/h1-14,30H,15-21H2. The number of anilines is 1. The van der Waals surface area contributed by atoms with Gasteiger partial charge < -0.3 is 14.9 Å². The Kier molecular flexibility index (Phi) is 6.85. The lowest BCUT2D eigenvalue weighted by molar-refractivity contribution is -0.133. The van der Waals surface area contributed by atoms with Gasteiger partial charge in [0.15, 0.2) is 0 Å². The van der Waals surface area contributed by atoms with Gasteiger partial charge in [-0.2, -0.15) is 0 Å². The quantitative estimate of drug-likeness (QED) is 0.639. The number of amides is 1. The third kappa shape index (κ3) is 5.64. The van der Waals surface area contributed by atoms with Gasteiger partial charge >= 0.3 is 0 Å². The van der Waals surface area contributed by atoms with E-state index in [1.165, 1.54) is 0 Å². The highest BCUT2D eigenvalue weighted by Crippen LogP contribution is 2.27. The molecule has 4 rings (SSSR count). The van der Waals surface area contributed by atoms with Gasteiger partial charge in [-0.1, -0.05) is 72.8 Å². The van der Waals surface area contributed by atoms with Crippen LogP contribution in [-0.4, -0.2) is 53.5 Å². The number of nitrogens with zero attached hydrogens (tertiary/aromatic N) is 3. The van der Waals surface area contributed by atoms with E-state index >= 15 is 0 Å². The molecular formula is C26H29N3O2. The molecule has 0 aromatic heterocycles. The largest absolute Gasteiger partial charge is 0.506 e. The normalized spacial score (nSPS) is 14.4. The van der Waals surface area contributed by atoms with Crippen LogP contribution in [0, 0.1) is 0 Å². The Bertz CT molecular complexity index is 929. The predicted molar refractivity (Wildman–Crippen MR) is 124 cm³/mol. The maximum Gasteiger partial charge on any atom is 0.237 e. The molecule has 31 heavy (non-hydrogen) atoms. The van der Waals surface area contributed by atoms with Crippen LogP contribution in [0.5, 0.6) is 5.75 Å². The van der Waals surface area contributed by atoms with Crippen molar-refractivity contribution in [2.75, 3.05) is 37.6 Å². The van der Waals surface area contributed by atoms with Gasteiger partial charge in [0, 0.05) is 39.3 Å². The minimum absolute atomic E-state index is 0.142. The Balaban J connectivity index is 1.38. The second kappa shape index (κ2) is 10.1. The lowest BCUT2D eigenvalue weighted by Gasteiger charge is -2.36. The molecule has 1 saturated heterocycles. The molecular weight excluding hydrogens is 386 g/mol. The van der Waals surface area contributed by atoms with Gasteiger partial charge in [-0.25, -0.2) is 0 Å². The highest BCUT2D eigenvalue weighted by atomic mass is 16.3. The van der Waals surface area contributed by atoms with E-state index in [1.807, 2.05) is 59.5 Å². The SMILES string of the molecule is O=C(CN1CCN(c2ccccc2O)CC1)N(Cc1ccccc1)Cc1ccccc1. The second-order valence-corrected chi connectivity index (χ2v) is 7.97. The summed E-state index contributed by atoms with van der Waals surface area (Å²) in [5.41, 5.74) is 3.13. The number of aromatic hydroxyl groups is 1. The average molecular weight is 416 g/mol. The highest BCUT2D eigenvalue weighted by Gasteiger charge is 2.23. The van der Waals surface area contributed by atoms with E-state index in [2.05, 4.69) is 34.1 Å². The molecule has 1 aliphatic rings. The minimum atomic E-state index is 0.142. The van der Waals surface area contributed by atoms with E-state index in [9.17, 15) is 9.90 Å². The van der Waals surface area contributed by atoms with Crippen LogP contribution in [0.1, 0.15) is 11.1 Å². The third-order valence-electron chi connectivity index (χ3n) is 5.74. The number of carbonyl (C=O) groups excluding carboxylic acids is 1. The summed E-state index contributed by atoms with van der Waals surface area (Å²) >= 11 is 0. The fourth-order valence-corrected chi connectivity index (χ4v) is 4.01. The molecule has 0 atom stereocenters. The maximum absolute atomic E-state index is 13.3. The first-order chi connectivity index (χ1) is 15.2. The van der Waals surface area contributed by atoms with Crippen LogP contribution in [0.15, 0.2) is 84.9 Å². The van der Waals surface area contributed by atoms with Crippen molar-refractivity contribution in [3.8, 4) is 5.75 Å². The topological polar surface area (TPSA) is 47.0 Å². The Hall–Kier alpha value is -3.31. The monoisotopic (exact) mass is 415 g/mol. The summed E-state index contributed by atoms with van der Waals surface area (Å²) in [4.78, 5) is 19.6. The lowest BCUT2D eigenvalue weighted by atomic mass is 10.1. The van der Waals surface area contributed by atoms with Crippen molar-refractivity contribution in [1.29, 1.82) is 0 Å². The van der Waals surface area contributed by atoms with E-state index in [-0.39, 0.29) is 5.91 Å². The molecule has 0 bridgehead atoms. The van der Waals surface area contributed by atoms with E-state index < -0.39 is 0 Å². The van der Waals surface area contributed by atoms with Crippen LogP contribution in [0.25, 0.3) is 0 Å². The smallest absolute Gasteiger partial charge is 0.237 e. The summed E-state index contributed by atoms with van der Waals surface area (Å²) in [5, 5.41) is 10.1. The second-order valence-electron chi connectivity index (χ2n) is 7.97. The molecule has 1 N–H and O–H groups in total. The van der Waals surface area contributed by atoms with Gasteiger partial charge in [0.2, 0.25) is 5.91 Å². The number of hydrogen-bond acceptors (Lipinski definition) is 4. The molecule has 1 aliphatic heterocycles. The van der Waals surface area contributed by atoms with E-state index in [1.54, 1.807) is 6.07 Å². The number of phenols is 1. The number of benzene rings is 3. The molecule has 5 nitrogen and oxygen atoms in total. The molecule has 5 heteroatoms. The van der Waals surface area contributed by atoms with Crippen LogP contribution in [0.3, 0.4) is 0 Å². The van der Waals surface area contributed by atoms with Crippen LogP contribution in [0.4, 0.5) is 5.69 Å². The Morgan fingerprint density at radius 2 is 1.26 bits per heavy atom. The van der Waals surface area contributed by atoms with Crippen molar-refractivity contribution in [2.45, 2.75) is 13.1 Å². The highest BCUT2D eigenvalue weighted by molar-refractivity contribution is 5.78. The zero-order valence-corrected chi connectivity index (χ0v) is 17.7. The molecule has 1 fully saturated rings. The number of piperazine rings is 1. The van der Waals surface area contributed by atoms with Gasteiger partial charge in [0.05, 0.1) is 12.2 Å². The lowest BCUT2D eigenvalue weighted by Crippen LogP contribution is -2.50. The van der Waals surface area contributed by atoms with Gasteiger partial charge in [-0.3, -0.25) is 9.69 Å². The van der Waals surface area contributed by atoms with Crippen molar-refractivity contribution in [3.05, 3.63) is 96.1 Å². The molecule has 0 aliphatic carbocycles. The zero-order valence-electron chi connectivity index (χ0n) is 17.7. The van der Waals surface area contributed by atoms with E-state index in [0.29, 0.717) is 25.4 Å². The summed E-state index contributed by atoms with van der Waals surface area (Å²) in [6.45, 7) is 4.80. The van der Waals surface area contributed by atoms with Crippen LogP contribution in [-0.2, 0) is 17.9 Å². The van der Waals surface area contributed by atoms with Crippen molar-refractivity contribution >= 4 is 11.6 Å². The third-order valence-corrected chi connectivity index (χ3v) is 5.74. The van der Waals surface area contributed by atoms with Crippen LogP contribution >= 0.6 is 0 Å². The maximum atomic E-state index is 13.3. The molecule has 3 aromatic rings. The molecule has 0 radical (unpaired) electrons. The Labute approximate surface area is 184 Å². The fourth-order valence-electron chi connectivity index (χ4n) is 4.01. The molecule has 0 spiro atoms. The molecule has 1 amide bonds. The number of para-hydroxylation sites is 2. The summed E-state index contributed by atoms with van der Waals surface area (Å²) in [5.74, 6) is 0.452. The predicted octanol–water partition coefficient (Wildman–Crippen LogP) is 3.74. The molecule has 160 valence electrons. The van der Waals surface area contributed by atoms with Gasteiger partial charge in [0.25, 0.3) is 0 Å². The summed E-state index contributed by atoms with van der Waals surface area (Å²) in [6.07, 6.45) is 0. The first-order valence-corrected chi connectivity index (χ1v) is 10.8. The molecule has 0 saturated carbocycles. The zero-order chi connectivity index (χ0) is 21.5. The first-order valence-electron chi connectivity index (χ1n) is 10.8. The van der Waals surface area contributed by atoms with E-state index in [0.717, 1.165) is 43.0 Å². The van der Waals surface area contributed by atoms with Crippen molar-refractivity contribution < 1.29 is 9.90 Å². The summed E-state index contributed by atoms with van der Waals surface area (Å²) in [7, 11) is 0. The fraction of sp³-hybridized carbons (Fsp3) is 0.269. The first kappa shape index (κ1) is 20.9. The van der Waals surface area contributed by atoms with Gasteiger partial charge in [0.1, 0.15) is 5.75 Å². The summed E-state index contributed by atoms with van der Waals surface area (Å²) in [6, 6.07) is 27.7. The van der Waals surface area contributed by atoms with Crippen molar-refractivity contribution in [3.63, 3.8) is 0 Å². The summed E-state index contributed by atoms with van der Waals surface area (Å²) < 4.78 is 0. The number of phenolic OH excluding ortho intramolecular Hbond substituents is 1. The number of carbonyl (C=O) groups is 1. The van der Waals surface area contributed by atoms with Gasteiger partial charge in [-0.05, 0) is 23.3 Å². The molecule has 3 aromatic carbocycles.